The van der Waals surface area contributed by atoms with E-state index in [1.807, 2.05) is 117 Å². The Kier molecular flexibility index (Phi) is 25.8. The first kappa shape index (κ1) is 92.0. The van der Waals surface area contributed by atoms with E-state index in [1.165, 1.54) is 41.1 Å². The fourth-order valence-electron chi connectivity index (χ4n) is 14.2. The third-order valence-corrected chi connectivity index (χ3v) is 26.5. The number of aryl methyl sites for hydroxylation is 4. The fraction of sp³-hybridized carbons (Fsp3) is 0.234. The van der Waals surface area contributed by atoms with Gasteiger partial charge in [0.2, 0.25) is 0 Å². The smallest absolute Gasteiger partial charge is 0.288 e. The molecule has 4 N–H and O–H groups in total. The lowest BCUT2D eigenvalue weighted by Crippen LogP contribution is -2.32. The van der Waals surface area contributed by atoms with Gasteiger partial charge in [0.05, 0.1) is 86.9 Å². The molecule has 0 unspecified atom stereocenters. The minimum Gasteiger partial charge on any atom is -0.491 e. The van der Waals surface area contributed by atoms with Gasteiger partial charge >= 0.3 is 0 Å². The van der Waals surface area contributed by atoms with Crippen LogP contribution in [0, 0.1) is 20.8 Å². The van der Waals surface area contributed by atoms with E-state index in [4.69, 9.17) is 21.1 Å². The van der Waals surface area contributed by atoms with Gasteiger partial charge in [0, 0.05) is 84.4 Å². The first-order valence-electron chi connectivity index (χ1n) is 40.9. The minimum absolute atomic E-state index is 0.0269. The monoisotopic (exact) mass is 1840 g/mol. The molecule has 129 heavy (non-hydrogen) atoms. The van der Waals surface area contributed by atoms with Crippen LogP contribution in [0.15, 0.2) is 269 Å². The van der Waals surface area contributed by atoms with Crippen molar-refractivity contribution in [1.29, 1.82) is 0 Å². The molecule has 9 heterocycles. The molecule has 17 rings (SSSR count). The number of hydrogen-bond donors (Lipinski definition) is 4. The van der Waals surface area contributed by atoms with Crippen molar-refractivity contribution in [3.8, 4) is 34.2 Å². The van der Waals surface area contributed by atoms with E-state index in [1.54, 1.807) is 155 Å². The molecular formula is C94H93ClF4N16O10S4. The Morgan fingerprint density at radius 1 is 0.442 bits per heavy atom. The van der Waals surface area contributed by atoms with Gasteiger partial charge in [0.1, 0.15) is 51.8 Å². The Balaban J connectivity index is 0.000000139. The highest BCUT2D eigenvalue weighted by atomic mass is 35.5. The van der Waals surface area contributed by atoms with Gasteiger partial charge in [-0.2, -0.15) is 38.0 Å². The summed E-state index contributed by atoms with van der Waals surface area (Å²) in [6, 6.07) is 62.0. The number of sulfonamides is 4. The number of fused-ring (bicyclic) bond motifs is 5. The number of nitrogens with one attached hydrogen (secondary N) is 4. The van der Waals surface area contributed by atoms with Crippen molar-refractivity contribution in [2.45, 2.75) is 164 Å². The largest absolute Gasteiger partial charge is 0.491 e. The number of pyridine rings is 4. The van der Waals surface area contributed by atoms with Crippen LogP contribution in [0.4, 0.5) is 40.8 Å². The van der Waals surface area contributed by atoms with Gasteiger partial charge in [-0.05, 0) is 253 Å². The standard InChI is InChI=1S/C24H25ClN4O2S.C24H24N4O3S.C23H22F2N4O3S.C23H22F2N4O2S/c1-15-12-19-21(11-10-20(25)23(19)26-14-15)29-22(13-16(2)27-29)28-32(30,31)18-8-6-17(7-9-18)24(3,4)5;1-16-14-23(28(26-16)21-8-4-7-20-19(21)6-5-13-25-20)27-32(29,30)18-9-10-22-17(15-18)11-12-24(2,3)31-22;1-15(2)32-16-9-11-17(12-10-16)33(30,31)28-22-14-21(23(3,24)25)27-29(22)20-8-4-7-19-18(20)6-5-13-26-19;1-15(2)16-9-11-17(12-10-16)32(30,31)28-22-14-21(23(3,24)25)27-29(22)20-8-4-7-19-18(20)6-5-13-26-19/h6-14,28H,1-5H3;4-10,13-15,27H,11-12H2,1-3H3;4-15,28H,1-3H3;4-15,28H,1-3H3. The average molecular weight is 1850 g/mol. The molecule has 0 amide bonds. The normalized spacial score (nSPS) is 13.1. The van der Waals surface area contributed by atoms with Crippen LogP contribution < -0.4 is 28.4 Å². The zero-order chi connectivity index (χ0) is 92.7. The van der Waals surface area contributed by atoms with Crippen molar-refractivity contribution < 1.29 is 60.7 Å². The summed E-state index contributed by atoms with van der Waals surface area (Å²) in [5, 5.41) is 20.6. The lowest BCUT2D eigenvalue weighted by Gasteiger charge is -2.32. The van der Waals surface area contributed by atoms with E-state index in [-0.39, 0.29) is 54.3 Å². The van der Waals surface area contributed by atoms with E-state index >= 15 is 0 Å². The molecule has 0 fully saturated rings. The van der Waals surface area contributed by atoms with E-state index in [0.717, 1.165) is 79.6 Å². The molecule has 1 aliphatic heterocycles. The van der Waals surface area contributed by atoms with Gasteiger partial charge < -0.3 is 9.47 Å². The number of anilines is 4. The Labute approximate surface area is 750 Å². The van der Waals surface area contributed by atoms with Crippen LogP contribution in [0.2, 0.25) is 5.02 Å². The predicted molar refractivity (Wildman–Crippen MR) is 494 cm³/mol. The molecule has 1 aliphatic rings. The SMILES string of the molecule is CC(C)Oc1ccc(S(=O)(=O)Nc2cc(C(C)(F)F)nn2-c2cccc3ncccc23)cc1.CC(C)c1ccc(S(=O)(=O)Nc2cc(C(C)(F)F)nn2-c2cccc3ncccc23)cc1.Cc1cc(NS(=O)(=O)c2ccc3c(c2)CCC(C)(C)O3)n(-c2cccc3ncccc23)n1.Cc1cnc2c(Cl)ccc(-n3nc(C)cc3NS(=O)(=O)c3ccc(C(C)(C)C)cc3)c2c1. The topological polar surface area (TPSA) is 326 Å². The maximum atomic E-state index is 14.1. The first-order chi connectivity index (χ1) is 60.8. The second-order valence-electron chi connectivity index (χ2n) is 33.3. The van der Waals surface area contributed by atoms with Crippen molar-refractivity contribution in [3.05, 3.63) is 299 Å². The van der Waals surface area contributed by atoms with Gasteiger partial charge in [-0.15, -0.1) is 0 Å². The van der Waals surface area contributed by atoms with Crippen molar-refractivity contribution in [2.75, 3.05) is 18.9 Å². The number of halogens is 5. The van der Waals surface area contributed by atoms with Gasteiger partial charge in [-0.1, -0.05) is 88.7 Å². The molecule has 0 aliphatic carbocycles. The number of ether oxygens (including phenoxy) is 2. The molecule has 0 radical (unpaired) electrons. The highest BCUT2D eigenvalue weighted by Gasteiger charge is 2.35. The lowest BCUT2D eigenvalue weighted by atomic mass is 9.87. The molecule has 0 bridgehead atoms. The van der Waals surface area contributed by atoms with Gasteiger partial charge in [0.15, 0.2) is 0 Å². The number of rotatable bonds is 21. The molecule has 0 spiro atoms. The van der Waals surface area contributed by atoms with Crippen molar-refractivity contribution >= 4 is 119 Å². The number of nitrogens with zero attached hydrogens (tertiary/aromatic N) is 12. The van der Waals surface area contributed by atoms with E-state index in [9.17, 15) is 51.2 Å². The quantitative estimate of drug-likeness (QED) is 0.0486. The number of hydrogen-bond acceptors (Lipinski definition) is 18. The van der Waals surface area contributed by atoms with Crippen molar-refractivity contribution in [1.82, 2.24) is 59.1 Å². The Morgan fingerprint density at radius 2 is 0.837 bits per heavy atom. The molecule has 35 heteroatoms. The molecule has 16 aromatic rings. The molecular weight excluding hydrogens is 1750 g/mol. The number of benzene rings is 8. The zero-order valence-corrected chi connectivity index (χ0v) is 76.7. The van der Waals surface area contributed by atoms with Crippen molar-refractivity contribution in [2.24, 2.45) is 0 Å². The molecule has 668 valence electrons. The third kappa shape index (κ3) is 21.0. The van der Waals surface area contributed by atoms with E-state index in [2.05, 4.69) is 80.0 Å². The summed E-state index contributed by atoms with van der Waals surface area (Å²) in [6.45, 7) is 25.1. The molecule has 8 aromatic heterocycles. The molecule has 8 aromatic carbocycles. The Morgan fingerprint density at radius 3 is 1.26 bits per heavy atom. The summed E-state index contributed by atoms with van der Waals surface area (Å²) in [4.78, 5) is 17.7. The van der Waals surface area contributed by atoms with Crippen LogP contribution in [0.25, 0.3) is 66.4 Å². The summed E-state index contributed by atoms with van der Waals surface area (Å²) in [5.41, 5.74) is 8.84. The number of aromatic nitrogens is 12. The lowest BCUT2D eigenvalue weighted by molar-refractivity contribution is 0.0118. The zero-order valence-electron chi connectivity index (χ0n) is 72.7. The molecule has 0 saturated carbocycles. The first-order valence-corrected chi connectivity index (χ1v) is 47.2. The number of alkyl halides is 4. The maximum absolute atomic E-state index is 14.1. The molecule has 0 saturated heterocycles. The average Bonchev–Trinajstić information content (AvgIpc) is 1.69. The van der Waals surface area contributed by atoms with Gasteiger partial charge in [-0.25, -0.2) is 52.4 Å². The van der Waals surface area contributed by atoms with E-state index in [0.29, 0.717) is 92.0 Å². The highest BCUT2D eigenvalue weighted by Crippen LogP contribution is 2.40. The second kappa shape index (κ2) is 36.2. The van der Waals surface area contributed by atoms with Crippen molar-refractivity contribution in [3.63, 3.8) is 0 Å². The fourth-order valence-corrected chi connectivity index (χ4v) is 18.6. The van der Waals surface area contributed by atoms with Crippen LogP contribution in [-0.2, 0) is 63.8 Å². The van der Waals surface area contributed by atoms with Crippen LogP contribution in [0.1, 0.15) is 134 Å². The third-order valence-electron chi connectivity index (χ3n) is 20.8. The molecule has 26 nitrogen and oxygen atoms in total. The van der Waals surface area contributed by atoms with E-state index < -0.39 is 63.3 Å². The van der Waals surface area contributed by atoms with Gasteiger partial charge in [-0.3, -0.25) is 38.8 Å². The summed E-state index contributed by atoms with van der Waals surface area (Å²) in [6.07, 6.45) is 8.23. The molecule has 0 atom stereocenters. The van der Waals surface area contributed by atoms with Crippen LogP contribution in [0.5, 0.6) is 11.5 Å². The second-order valence-corrected chi connectivity index (χ2v) is 40.4. The van der Waals surface area contributed by atoms with Crippen LogP contribution in [-0.4, -0.2) is 104 Å². The summed E-state index contributed by atoms with van der Waals surface area (Å²) >= 11 is 6.34. The van der Waals surface area contributed by atoms with Crippen LogP contribution in [0.3, 0.4) is 0 Å². The summed E-state index contributed by atoms with van der Waals surface area (Å²) in [5.74, 6) is -4.53. The van der Waals surface area contributed by atoms with Crippen LogP contribution >= 0.6 is 11.6 Å². The predicted octanol–water partition coefficient (Wildman–Crippen LogP) is 21.0. The summed E-state index contributed by atoms with van der Waals surface area (Å²) < 4.78 is 189. The minimum atomic E-state index is -4.10. The maximum Gasteiger partial charge on any atom is 0.288 e. The van der Waals surface area contributed by atoms with Gasteiger partial charge in [0.25, 0.3) is 51.9 Å². The summed E-state index contributed by atoms with van der Waals surface area (Å²) in [7, 11) is -15.8. The highest BCUT2D eigenvalue weighted by molar-refractivity contribution is 7.93. The Bertz CT molecular complexity index is 7370. The Hall–Kier alpha value is -13.2.